The lowest BCUT2D eigenvalue weighted by Gasteiger charge is -2.13. The lowest BCUT2D eigenvalue weighted by molar-refractivity contribution is -0.755. The van der Waals surface area contributed by atoms with E-state index in [0.29, 0.717) is 5.69 Å². The lowest BCUT2D eigenvalue weighted by Crippen LogP contribution is -2.35. The minimum absolute atomic E-state index is 0.0541. The van der Waals surface area contributed by atoms with Gasteiger partial charge >= 0.3 is 18.1 Å². The van der Waals surface area contributed by atoms with Crippen LogP contribution in [0.25, 0.3) is 0 Å². The number of nitrogens with zero attached hydrogens (tertiary/aromatic N) is 5. The standard InChI is InChI=1S/C21H15F3N8O3/c22-21(23,24)13-7-15(28-19(33)17-10-25-5-6-27-17)9-16(8-13)29-20(34)30-18-12-32(31-35-18)11-14-3-1-2-4-26-14/h1-10,12H,11H2,(H2-,28,29,30,31,33,34)/p+1. The molecule has 0 atom stereocenters. The van der Waals surface area contributed by atoms with Gasteiger partial charge in [0.1, 0.15) is 11.4 Å². The van der Waals surface area contributed by atoms with Gasteiger partial charge in [0.05, 0.1) is 11.8 Å². The fraction of sp³-hybridized carbons (Fsp3) is 0.0952. The molecule has 0 saturated heterocycles. The van der Waals surface area contributed by atoms with Crippen molar-refractivity contribution in [1.82, 2.24) is 20.2 Å². The van der Waals surface area contributed by atoms with E-state index in [1.165, 1.54) is 23.3 Å². The third-order valence-electron chi connectivity index (χ3n) is 4.37. The maximum absolute atomic E-state index is 13.4. The molecule has 3 amide bonds. The summed E-state index contributed by atoms with van der Waals surface area (Å²) in [4.78, 5) is 36.3. The van der Waals surface area contributed by atoms with Gasteiger partial charge in [-0.15, -0.1) is 0 Å². The van der Waals surface area contributed by atoms with Crippen molar-refractivity contribution in [2.75, 3.05) is 16.0 Å². The molecule has 4 rings (SSSR count). The second-order valence-corrected chi connectivity index (χ2v) is 7.01. The molecule has 0 unspecified atom stereocenters. The van der Waals surface area contributed by atoms with Gasteiger partial charge in [-0.3, -0.25) is 24.6 Å². The van der Waals surface area contributed by atoms with Crippen molar-refractivity contribution in [2.24, 2.45) is 0 Å². The maximum Gasteiger partial charge on any atom is 0.416 e. The number of nitrogens with one attached hydrogen (secondary N) is 3. The highest BCUT2D eigenvalue weighted by molar-refractivity contribution is 6.03. The average molecular weight is 485 g/mol. The number of anilines is 3. The summed E-state index contributed by atoms with van der Waals surface area (Å²) in [5.41, 5.74) is -0.924. The third kappa shape index (κ3) is 6.34. The van der Waals surface area contributed by atoms with E-state index in [1.54, 1.807) is 24.4 Å². The van der Waals surface area contributed by atoms with Crippen LogP contribution in [0.5, 0.6) is 0 Å². The Kier molecular flexibility index (Phi) is 6.62. The zero-order valence-electron chi connectivity index (χ0n) is 17.7. The summed E-state index contributed by atoms with van der Waals surface area (Å²) in [6.07, 6.45) is 2.03. The van der Waals surface area contributed by atoms with Crippen molar-refractivity contribution < 1.29 is 32.0 Å². The fourth-order valence-corrected chi connectivity index (χ4v) is 2.89. The SMILES string of the molecule is O=C(Nc1cc(NC(=O)c2cnccn2)cc(C(F)(F)F)c1)Nc1c[n+](Cc2ccccn2)no1. The number of carbonyl (C=O) groups excluding carboxylic acids is 2. The molecule has 0 fully saturated rings. The molecule has 1 aromatic carbocycles. The highest BCUT2D eigenvalue weighted by Crippen LogP contribution is 2.33. The Labute approximate surface area is 195 Å². The average Bonchev–Trinajstić information content (AvgIpc) is 3.26. The zero-order chi connectivity index (χ0) is 24.8. The van der Waals surface area contributed by atoms with Gasteiger partial charge < -0.3 is 10.6 Å². The van der Waals surface area contributed by atoms with Crippen LogP contribution >= 0.6 is 0 Å². The number of hydrogen-bond donors (Lipinski definition) is 3. The molecule has 3 heterocycles. The molecule has 35 heavy (non-hydrogen) atoms. The Morgan fingerprint density at radius 2 is 1.77 bits per heavy atom. The Hall–Kier alpha value is -4.88. The molecule has 0 saturated carbocycles. The molecular weight excluding hydrogens is 469 g/mol. The number of hydrogen-bond acceptors (Lipinski definition) is 7. The van der Waals surface area contributed by atoms with Crippen molar-refractivity contribution >= 4 is 29.2 Å². The number of benzene rings is 1. The number of aromatic nitrogens is 5. The van der Waals surface area contributed by atoms with E-state index >= 15 is 0 Å². The van der Waals surface area contributed by atoms with Crippen molar-refractivity contribution in [3.8, 4) is 0 Å². The van der Waals surface area contributed by atoms with E-state index in [-0.39, 0.29) is 29.5 Å². The fourth-order valence-electron chi connectivity index (χ4n) is 2.89. The van der Waals surface area contributed by atoms with Crippen LogP contribution in [-0.4, -0.2) is 32.2 Å². The van der Waals surface area contributed by atoms with Crippen LogP contribution in [0, 0.1) is 0 Å². The minimum atomic E-state index is -4.73. The van der Waals surface area contributed by atoms with Gasteiger partial charge in [-0.2, -0.15) is 13.2 Å². The Morgan fingerprint density at radius 1 is 0.971 bits per heavy atom. The number of alkyl halides is 3. The van der Waals surface area contributed by atoms with Crippen LogP contribution in [0.1, 0.15) is 21.7 Å². The predicted molar refractivity (Wildman–Crippen MR) is 114 cm³/mol. The van der Waals surface area contributed by atoms with Crippen molar-refractivity contribution in [3.05, 3.63) is 84.3 Å². The van der Waals surface area contributed by atoms with Gasteiger partial charge in [-0.05, 0) is 35.0 Å². The van der Waals surface area contributed by atoms with Crippen LogP contribution in [0.2, 0.25) is 0 Å². The van der Waals surface area contributed by atoms with Gasteiger partial charge in [0.2, 0.25) is 11.8 Å². The summed E-state index contributed by atoms with van der Waals surface area (Å²) in [5, 5.41) is 10.7. The number of rotatable bonds is 6. The van der Waals surface area contributed by atoms with Crippen molar-refractivity contribution in [1.29, 1.82) is 0 Å². The number of urea groups is 1. The summed E-state index contributed by atoms with van der Waals surface area (Å²) in [6, 6.07) is 7.05. The van der Waals surface area contributed by atoms with E-state index in [9.17, 15) is 22.8 Å². The minimum Gasteiger partial charge on any atom is -0.321 e. The van der Waals surface area contributed by atoms with Gasteiger partial charge in [0.25, 0.3) is 12.1 Å². The molecule has 178 valence electrons. The van der Waals surface area contributed by atoms with E-state index in [0.717, 1.165) is 24.4 Å². The topological polar surface area (TPSA) is 139 Å². The Morgan fingerprint density at radius 3 is 2.46 bits per heavy atom. The van der Waals surface area contributed by atoms with Gasteiger partial charge in [-0.25, -0.2) is 9.78 Å². The predicted octanol–water partition coefficient (Wildman–Crippen LogP) is 3.11. The molecule has 4 aromatic rings. The van der Waals surface area contributed by atoms with Crippen LogP contribution < -0.4 is 20.6 Å². The van der Waals surface area contributed by atoms with Gasteiger partial charge in [0, 0.05) is 30.0 Å². The second kappa shape index (κ2) is 9.94. The Balaban J connectivity index is 1.46. The summed E-state index contributed by atoms with van der Waals surface area (Å²) in [5.74, 6) is -0.825. The summed E-state index contributed by atoms with van der Waals surface area (Å²) < 4.78 is 46.5. The summed E-state index contributed by atoms with van der Waals surface area (Å²) >= 11 is 0. The first-order chi connectivity index (χ1) is 16.8. The molecule has 0 aliphatic heterocycles. The zero-order valence-corrected chi connectivity index (χ0v) is 17.7. The molecule has 3 aromatic heterocycles. The normalized spacial score (nSPS) is 11.1. The molecule has 11 nitrogen and oxygen atoms in total. The quantitative estimate of drug-likeness (QED) is 0.357. The molecule has 0 aliphatic carbocycles. The monoisotopic (exact) mass is 485 g/mol. The molecule has 14 heteroatoms. The molecule has 0 spiro atoms. The first-order valence-corrected chi connectivity index (χ1v) is 9.90. The molecule has 0 aliphatic rings. The van der Waals surface area contributed by atoms with E-state index in [2.05, 4.69) is 36.2 Å². The van der Waals surface area contributed by atoms with E-state index in [1.807, 2.05) is 0 Å². The molecule has 0 bridgehead atoms. The van der Waals surface area contributed by atoms with Gasteiger partial charge in [0.15, 0.2) is 0 Å². The lowest BCUT2D eigenvalue weighted by atomic mass is 10.1. The number of amides is 3. The van der Waals surface area contributed by atoms with Crippen molar-refractivity contribution in [2.45, 2.75) is 12.7 Å². The van der Waals surface area contributed by atoms with Crippen molar-refractivity contribution in [3.63, 3.8) is 0 Å². The summed E-state index contributed by atoms with van der Waals surface area (Å²) in [6.45, 7) is 0.274. The highest BCUT2D eigenvalue weighted by Gasteiger charge is 2.31. The second-order valence-electron chi connectivity index (χ2n) is 7.01. The first kappa shape index (κ1) is 23.3. The number of pyridine rings is 1. The largest absolute Gasteiger partial charge is 0.416 e. The number of halogens is 3. The molecule has 0 radical (unpaired) electrons. The van der Waals surface area contributed by atoms with E-state index in [4.69, 9.17) is 4.52 Å². The summed E-state index contributed by atoms with van der Waals surface area (Å²) in [7, 11) is 0. The molecule has 3 N–H and O–H groups in total. The van der Waals surface area contributed by atoms with Crippen LogP contribution in [-0.2, 0) is 12.7 Å². The highest BCUT2D eigenvalue weighted by atomic mass is 19.4. The first-order valence-electron chi connectivity index (χ1n) is 9.90. The maximum atomic E-state index is 13.4. The number of carbonyl (C=O) groups is 2. The smallest absolute Gasteiger partial charge is 0.321 e. The van der Waals surface area contributed by atoms with Gasteiger partial charge in [-0.1, -0.05) is 6.07 Å². The van der Waals surface area contributed by atoms with Crippen LogP contribution in [0.3, 0.4) is 0 Å². The third-order valence-corrected chi connectivity index (χ3v) is 4.37. The van der Waals surface area contributed by atoms with Crippen LogP contribution in [0.4, 0.5) is 35.2 Å². The molecular formula is C21H16F3N8O3+. The van der Waals surface area contributed by atoms with E-state index < -0.39 is 23.7 Å². The van der Waals surface area contributed by atoms with Crippen LogP contribution in [0.15, 0.2) is 71.9 Å². The Bertz CT molecular complexity index is 1330.